The molecule has 2 heterocycles. The summed E-state index contributed by atoms with van der Waals surface area (Å²) in [6.07, 6.45) is 2.30. The number of halogens is 2. The highest BCUT2D eigenvalue weighted by Gasteiger charge is 2.42. The minimum absolute atomic E-state index is 0. The molecule has 1 aromatic rings. The molecule has 1 saturated carbocycles. The van der Waals surface area contributed by atoms with Crippen molar-refractivity contribution in [1.29, 1.82) is 0 Å². The third kappa shape index (κ3) is 2.89. The maximum Gasteiger partial charge on any atom is 0.265 e. The average Bonchev–Trinajstić information content (AvgIpc) is 2.96. The highest BCUT2D eigenvalue weighted by Crippen LogP contribution is 2.37. The van der Waals surface area contributed by atoms with E-state index in [4.69, 9.17) is 5.73 Å². The molecule has 3 atom stereocenters. The molecule has 1 amide bonds. The average molecular weight is 324 g/mol. The first-order valence-corrected chi connectivity index (χ1v) is 6.99. The number of amides is 1. The van der Waals surface area contributed by atoms with Crippen molar-refractivity contribution in [3.63, 3.8) is 0 Å². The van der Waals surface area contributed by atoms with Crippen LogP contribution in [-0.2, 0) is 0 Å². The Morgan fingerprint density at radius 3 is 2.74 bits per heavy atom. The summed E-state index contributed by atoms with van der Waals surface area (Å²) in [5, 5.41) is 0. The van der Waals surface area contributed by atoms with Gasteiger partial charge >= 0.3 is 0 Å². The van der Waals surface area contributed by atoms with E-state index >= 15 is 0 Å². The molecule has 1 aromatic heterocycles. The minimum Gasteiger partial charge on any atom is -0.337 e. The molecule has 1 aliphatic carbocycles. The van der Waals surface area contributed by atoms with Crippen molar-refractivity contribution in [3.8, 4) is 0 Å². The zero-order valence-corrected chi connectivity index (χ0v) is 13.2. The molecule has 0 aromatic carbocycles. The van der Waals surface area contributed by atoms with Gasteiger partial charge in [-0.1, -0.05) is 0 Å². The van der Waals surface area contributed by atoms with Crippen LogP contribution in [0.3, 0.4) is 0 Å². The first kappa shape index (κ1) is 16.7. The van der Waals surface area contributed by atoms with E-state index in [0.29, 0.717) is 17.9 Å². The van der Waals surface area contributed by atoms with Gasteiger partial charge < -0.3 is 10.6 Å². The summed E-state index contributed by atoms with van der Waals surface area (Å²) >= 11 is 1.44. The van der Waals surface area contributed by atoms with Crippen molar-refractivity contribution >= 4 is 42.1 Å². The van der Waals surface area contributed by atoms with Crippen molar-refractivity contribution in [1.82, 2.24) is 9.88 Å². The number of aryl methyl sites for hydroxylation is 1. The number of likely N-dealkylation sites (tertiary alicyclic amines) is 1. The summed E-state index contributed by atoms with van der Waals surface area (Å²) < 4.78 is 0. The zero-order valence-electron chi connectivity index (χ0n) is 10.7. The molecule has 3 rings (SSSR count). The highest BCUT2D eigenvalue weighted by molar-refractivity contribution is 7.11. The molecular formula is C12H19Cl2N3OS. The molecular weight excluding hydrogens is 305 g/mol. The maximum atomic E-state index is 12.3. The topological polar surface area (TPSA) is 59.2 Å². The number of hydrogen-bond acceptors (Lipinski definition) is 4. The molecule has 2 fully saturated rings. The lowest BCUT2D eigenvalue weighted by atomic mass is 9.98. The summed E-state index contributed by atoms with van der Waals surface area (Å²) in [5.41, 5.74) is 8.67. The number of rotatable bonds is 1. The maximum absolute atomic E-state index is 12.3. The van der Waals surface area contributed by atoms with Crippen molar-refractivity contribution in [2.45, 2.75) is 25.8 Å². The minimum atomic E-state index is 0. The molecule has 1 aliphatic heterocycles. The number of nitrogens with zero attached hydrogens (tertiary/aromatic N) is 2. The predicted molar refractivity (Wildman–Crippen MR) is 81.4 cm³/mol. The van der Waals surface area contributed by atoms with Crippen LogP contribution >= 0.6 is 36.2 Å². The Labute approximate surface area is 129 Å². The lowest BCUT2D eigenvalue weighted by molar-refractivity contribution is 0.0783. The molecule has 0 radical (unpaired) electrons. The van der Waals surface area contributed by atoms with Gasteiger partial charge in [0.1, 0.15) is 4.88 Å². The van der Waals surface area contributed by atoms with Gasteiger partial charge in [-0.3, -0.25) is 4.79 Å². The number of nitrogens with two attached hydrogens (primary N) is 1. The van der Waals surface area contributed by atoms with Gasteiger partial charge in [0, 0.05) is 19.1 Å². The van der Waals surface area contributed by atoms with Gasteiger partial charge in [-0.05, 0) is 31.6 Å². The SMILES string of the molecule is Cc1ncsc1C(=O)N1CC2CCC(N)C2C1.Cl.Cl. The number of thiazole rings is 1. The van der Waals surface area contributed by atoms with Gasteiger partial charge in [0.15, 0.2) is 0 Å². The zero-order chi connectivity index (χ0) is 12.0. The third-order valence-electron chi connectivity index (χ3n) is 4.14. The Morgan fingerprint density at radius 2 is 2.16 bits per heavy atom. The number of carbonyl (C=O) groups excluding carboxylic acids is 1. The Kier molecular flexibility index (Phi) is 5.62. The molecule has 0 bridgehead atoms. The summed E-state index contributed by atoms with van der Waals surface area (Å²) in [6, 6.07) is 0.292. The van der Waals surface area contributed by atoms with E-state index in [1.165, 1.54) is 17.8 Å². The summed E-state index contributed by atoms with van der Waals surface area (Å²) in [4.78, 5) is 19.2. The summed E-state index contributed by atoms with van der Waals surface area (Å²) in [6.45, 7) is 3.61. The van der Waals surface area contributed by atoms with Crippen LogP contribution in [0.2, 0.25) is 0 Å². The van der Waals surface area contributed by atoms with Gasteiger partial charge in [-0.2, -0.15) is 0 Å². The van der Waals surface area contributed by atoms with Crippen LogP contribution in [0.25, 0.3) is 0 Å². The quantitative estimate of drug-likeness (QED) is 0.861. The smallest absolute Gasteiger partial charge is 0.265 e. The van der Waals surface area contributed by atoms with E-state index in [-0.39, 0.29) is 30.7 Å². The first-order chi connectivity index (χ1) is 8.16. The normalized spacial score (nSPS) is 28.5. The van der Waals surface area contributed by atoms with E-state index in [1.807, 2.05) is 11.8 Å². The highest BCUT2D eigenvalue weighted by atomic mass is 35.5. The van der Waals surface area contributed by atoms with Crippen LogP contribution in [0.5, 0.6) is 0 Å². The fraction of sp³-hybridized carbons (Fsp3) is 0.667. The van der Waals surface area contributed by atoms with E-state index in [0.717, 1.165) is 30.1 Å². The molecule has 108 valence electrons. The van der Waals surface area contributed by atoms with E-state index in [9.17, 15) is 4.79 Å². The Hall–Kier alpha value is -0.360. The van der Waals surface area contributed by atoms with Crippen LogP contribution in [0, 0.1) is 18.8 Å². The van der Waals surface area contributed by atoms with E-state index in [2.05, 4.69) is 4.98 Å². The first-order valence-electron chi connectivity index (χ1n) is 6.11. The molecule has 2 aliphatic rings. The summed E-state index contributed by atoms with van der Waals surface area (Å²) in [7, 11) is 0. The van der Waals surface area contributed by atoms with Crippen LogP contribution in [0.1, 0.15) is 28.2 Å². The van der Waals surface area contributed by atoms with Crippen LogP contribution in [-0.4, -0.2) is 34.9 Å². The number of carbonyl (C=O) groups is 1. The van der Waals surface area contributed by atoms with Gasteiger partial charge in [-0.25, -0.2) is 4.98 Å². The standard InChI is InChI=1S/C12H17N3OS.2ClH/c1-7-11(17-6-14-7)12(16)15-4-8-2-3-10(13)9(8)5-15;;/h6,8-10H,2-5,13H2,1H3;2*1H. The Bertz CT molecular complexity index is 454. The predicted octanol–water partition coefficient (Wildman–Crippen LogP) is 2.10. The Balaban J connectivity index is 0.000000902. The van der Waals surface area contributed by atoms with Crippen LogP contribution < -0.4 is 5.73 Å². The van der Waals surface area contributed by atoms with Crippen molar-refractivity contribution < 1.29 is 4.79 Å². The largest absolute Gasteiger partial charge is 0.337 e. The Morgan fingerprint density at radius 1 is 1.42 bits per heavy atom. The molecule has 1 saturated heterocycles. The molecule has 7 heteroatoms. The lowest BCUT2D eigenvalue weighted by Crippen LogP contribution is -2.33. The lowest BCUT2D eigenvalue weighted by Gasteiger charge is -2.18. The molecule has 2 N–H and O–H groups in total. The van der Waals surface area contributed by atoms with Crippen molar-refractivity contribution in [2.75, 3.05) is 13.1 Å². The fourth-order valence-electron chi connectivity index (χ4n) is 3.12. The molecule has 3 unspecified atom stereocenters. The van der Waals surface area contributed by atoms with Crippen molar-refractivity contribution in [3.05, 3.63) is 16.1 Å². The molecule has 0 spiro atoms. The monoisotopic (exact) mass is 323 g/mol. The van der Waals surface area contributed by atoms with Crippen molar-refractivity contribution in [2.24, 2.45) is 17.6 Å². The molecule has 19 heavy (non-hydrogen) atoms. The second-order valence-electron chi connectivity index (χ2n) is 5.14. The van der Waals surface area contributed by atoms with Crippen LogP contribution in [0.15, 0.2) is 5.51 Å². The van der Waals surface area contributed by atoms with Gasteiger partial charge in [-0.15, -0.1) is 36.2 Å². The van der Waals surface area contributed by atoms with E-state index < -0.39 is 0 Å². The number of aromatic nitrogens is 1. The molecule has 4 nitrogen and oxygen atoms in total. The summed E-state index contributed by atoms with van der Waals surface area (Å²) in [5.74, 6) is 1.29. The second kappa shape index (κ2) is 6.39. The third-order valence-corrected chi connectivity index (χ3v) is 5.06. The van der Waals surface area contributed by atoms with Gasteiger partial charge in [0.2, 0.25) is 0 Å². The second-order valence-corrected chi connectivity index (χ2v) is 6.00. The van der Waals surface area contributed by atoms with E-state index in [1.54, 1.807) is 5.51 Å². The van der Waals surface area contributed by atoms with Gasteiger partial charge in [0.05, 0.1) is 11.2 Å². The van der Waals surface area contributed by atoms with Gasteiger partial charge in [0.25, 0.3) is 5.91 Å². The number of fused-ring (bicyclic) bond motifs is 1. The number of hydrogen-bond donors (Lipinski definition) is 1. The fourth-order valence-corrected chi connectivity index (χ4v) is 3.89. The van der Waals surface area contributed by atoms with Crippen LogP contribution in [0.4, 0.5) is 0 Å².